The lowest BCUT2D eigenvalue weighted by Gasteiger charge is -2.14. The van der Waals surface area contributed by atoms with E-state index in [1.165, 1.54) is 5.56 Å². The molecule has 14 heavy (non-hydrogen) atoms. The second-order valence-corrected chi connectivity index (χ2v) is 3.00. The van der Waals surface area contributed by atoms with Gasteiger partial charge in [0.15, 0.2) is 6.29 Å². The summed E-state index contributed by atoms with van der Waals surface area (Å²) in [7, 11) is 3.22. The van der Waals surface area contributed by atoms with Crippen LogP contribution in [0.15, 0.2) is 18.3 Å². The van der Waals surface area contributed by atoms with Gasteiger partial charge in [-0.3, -0.25) is 0 Å². The number of pyridine rings is 1. The minimum atomic E-state index is -0.239. The van der Waals surface area contributed by atoms with Crippen molar-refractivity contribution in [3.8, 4) is 0 Å². The van der Waals surface area contributed by atoms with Gasteiger partial charge in [-0.2, -0.15) is 0 Å². The average Bonchev–Trinajstić information content (AvgIpc) is 2.19. The van der Waals surface area contributed by atoms with Crippen molar-refractivity contribution in [1.82, 2.24) is 4.98 Å². The van der Waals surface area contributed by atoms with Crippen LogP contribution in [0.4, 0.5) is 5.82 Å². The molecular formula is C10H16N2O2. The second-order valence-electron chi connectivity index (χ2n) is 3.00. The van der Waals surface area contributed by atoms with Gasteiger partial charge in [0.25, 0.3) is 0 Å². The molecule has 0 bridgehead atoms. The molecule has 0 spiro atoms. The Labute approximate surface area is 84.3 Å². The molecule has 4 nitrogen and oxygen atoms in total. The second kappa shape index (κ2) is 5.57. The highest BCUT2D eigenvalue weighted by molar-refractivity contribution is 5.36. The first-order chi connectivity index (χ1) is 6.76. The largest absolute Gasteiger partial charge is 0.365 e. The minimum Gasteiger partial charge on any atom is -0.365 e. The van der Waals surface area contributed by atoms with Gasteiger partial charge in [0, 0.05) is 20.4 Å². The molecule has 1 N–H and O–H groups in total. The summed E-state index contributed by atoms with van der Waals surface area (Å²) in [4.78, 5) is 4.16. The van der Waals surface area contributed by atoms with Crippen molar-refractivity contribution in [2.75, 3.05) is 26.1 Å². The average molecular weight is 196 g/mol. The molecule has 1 aromatic heterocycles. The summed E-state index contributed by atoms with van der Waals surface area (Å²) in [6, 6.07) is 3.93. The number of rotatable bonds is 5. The summed E-state index contributed by atoms with van der Waals surface area (Å²) >= 11 is 0. The summed E-state index contributed by atoms with van der Waals surface area (Å²) in [5.74, 6) is 0.837. The third-order valence-electron chi connectivity index (χ3n) is 1.89. The zero-order chi connectivity index (χ0) is 10.4. The van der Waals surface area contributed by atoms with Crippen LogP contribution in [0.3, 0.4) is 0 Å². The van der Waals surface area contributed by atoms with Gasteiger partial charge in [0.2, 0.25) is 0 Å². The third kappa shape index (κ3) is 3.32. The zero-order valence-electron chi connectivity index (χ0n) is 8.78. The Morgan fingerprint density at radius 3 is 2.71 bits per heavy atom. The number of anilines is 1. The summed E-state index contributed by atoms with van der Waals surface area (Å²) in [6.45, 7) is 2.61. The molecule has 78 valence electrons. The van der Waals surface area contributed by atoms with Crippen LogP contribution < -0.4 is 5.32 Å². The first kappa shape index (κ1) is 10.9. The van der Waals surface area contributed by atoms with E-state index in [1.54, 1.807) is 20.4 Å². The maximum atomic E-state index is 5.04. The fourth-order valence-corrected chi connectivity index (χ4v) is 1.08. The highest BCUT2D eigenvalue weighted by atomic mass is 16.7. The molecule has 1 rings (SSSR count). The van der Waals surface area contributed by atoms with Gasteiger partial charge < -0.3 is 14.8 Å². The van der Waals surface area contributed by atoms with Crippen LogP contribution in [0.25, 0.3) is 0 Å². The minimum absolute atomic E-state index is 0.239. The van der Waals surface area contributed by atoms with Crippen molar-refractivity contribution in [3.63, 3.8) is 0 Å². The Bertz CT molecular complexity index is 275. The molecule has 0 radical (unpaired) electrons. The van der Waals surface area contributed by atoms with Crippen LogP contribution in [0.1, 0.15) is 5.56 Å². The molecule has 4 heteroatoms. The monoisotopic (exact) mass is 196 g/mol. The van der Waals surface area contributed by atoms with Crippen molar-refractivity contribution < 1.29 is 9.47 Å². The standard InChI is InChI=1S/C10H16N2O2/c1-8-4-5-11-9(6-8)12-7-10(13-2)14-3/h4-6,10H,7H2,1-3H3,(H,11,12). The van der Waals surface area contributed by atoms with Crippen molar-refractivity contribution in [1.29, 1.82) is 0 Å². The SMILES string of the molecule is COC(CNc1cc(C)ccn1)OC. The smallest absolute Gasteiger partial charge is 0.173 e. The van der Waals surface area contributed by atoms with E-state index in [0.717, 1.165) is 5.82 Å². The number of hydrogen-bond donors (Lipinski definition) is 1. The lowest BCUT2D eigenvalue weighted by Crippen LogP contribution is -2.23. The third-order valence-corrected chi connectivity index (χ3v) is 1.89. The fourth-order valence-electron chi connectivity index (χ4n) is 1.08. The van der Waals surface area contributed by atoms with E-state index in [2.05, 4.69) is 10.3 Å². The van der Waals surface area contributed by atoms with E-state index in [9.17, 15) is 0 Å². The molecule has 0 aliphatic carbocycles. The maximum Gasteiger partial charge on any atom is 0.173 e. The first-order valence-corrected chi connectivity index (χ1v) is 4.48. The number of nitrogens with zero attached hydrogens (tertiary/aromatic N) is 1. The topological polar surface area (TPSA) is 43.4 Å². The highest BCUT2D eigenvalue weighted by Crippen LogP contribution is 2.05. The number of methoxy groups -OCH3 is 2. The highest BCUT2D eigenvalue weighted by Gasteiger charge is 2.04. The molecule has 1 heterocycles. The molecular weight excluding hydrogens is 180 g/mol. The number of aromatic nitrogens is 1. The molecule has 0 unspecified atom stereocenters. The van der Waals surface area contributed by atoms with E-state index >= 15 is 0 Å². The quantitative estimate of drug-likeness (QED) is 0.723. The van der Waals surface area contributed by atoms with Gasteiger partial charge in [-0.1, -0.05) is 0 Å². The normalized spacial score (nSPS) is 10.6. The molecule has 0 aromatic carbocycles. The first-order valence-electron chi connectivity index (χ1n) is 4.48. The van der Waals surface area contributed by atoms with E-state index in [-0.39, 0.29) is 6.29 Å². The van der Waals surface area contributed by atoms with Crippen molar-refractivity contribution in [3.05, 3.63) is 23.9 Å². The predicted octanol–water partition coefficient (Wildman–Crippen LogP) is 1.42. The molecule has 0 amide bonds. The van der Waals surface area contributed by atoms with Crippen molar-refractivity contribution in [2.45, 2.75) is 13.2 Å². The predicted molar refractivity (Wildman–Crippen MR) is 55.3 cm³/mol. The number of nitrogens with one attached hydrogen (secondary N) is 1. The molecule has 0 aliphatic rings. The van der Waals surface area contributed by atoms with Crippen LogP contribution in [-0.2, 0) is 9.47 Å². The summed E-state index contributed by atoms with van der Waals surface area (Å²) in [6.07, 6.45) is 1.53. The Morgan fingerprint density at radius 2 is 2.14 bits per heavy atom. The van der Waals surface area contributed by atoms with Gasteiger partial charge >= 0.3 is 0 Å². The van der Waals surface area contributed by atoms with Gasteiger partial charge in [-0.25, -0.2) is 4.98 Å². The van der Waals surface area contributed by atoms with Gasteiger partial charge in [0.05, 0.1) is 6.54 Å². The molecule has 0 saturated heterocycles. The zero-order valence-corrected chi connectivity index (χ0v) is 8.78. The number of ether oxygens (including phenoxy) is 2. The molecule has 0 fully saturated rings. The maximum absolute atomic E-state index is 5.04. The van der Waals surface area contributed by atoms with Crippen LogP contribution >= 0.6 is 0 Å². The van der Waals surface area contributed by atoms with Crippen LogP contribution in [0.5, 0.6) is 0 Å². The van der Waals surface area contributed by atoms with E-state index < -0.39 is 0 Å². The van der Waals surface area contributed by atoms with Crippen LogP contribution in [-0.4, -0.2) is 32.0 Å². The molecule has 0 atom stereocenters. The van der Waals surface area contributed by atoms with Crippen molar-refractivity contribution in [2.24, 2.45) is 0 Å². The van der Waals surface area contributed by atoms with Crippen LogP contribution in [0.2, 0.25) is 0 Å². The molecule has 1 aromatic rings. The number of hydrogen-bond acceptors (Lipinski definition) is 4. The summed E-state index contributed by atoms with van der Waals surface area (Å²) in [5.41, 5.74) is 1.17. The summed E-state index contributed by atoms with van der Waals surface area (Å²) < 4.78 is 10.1. The van der Waals surface area contributed by atoms with Crippen LogP contribution in [0, 0.1) is 6.92 Å². The molecule has 0 saturated carbocycles. The van der Waals surface area contributed by atoms with Gasteiger partial charge in [-0.15, -0.1) is 0 Å². The van der Waals surface area contributed by atoms with Gasteiger partial charge in [0.1, 0.15) is 5.82 Å². The Kier molecular flexibility index (Phi) is 4.35. The van der Waals surface area contributed by atoms with E-state index in [0.29, 0.717) is 6.54 Å². The van der Waals surface area contributed by atoms with E-state index in [4.69, 9.17) is 9.47 Å². The Hall–Kier alpha value is -1.13. The summed E-state index contributed by atoms with van der Waals surface area (Å²) in [5, 5.41) is 3.13. The lowest BCUT2D eigenvalue weighted by molar-refractivity contribution is -0.0914. The Morgan fingerprint density at radius 1 is 1.43 bits per heavy atom. The number of aryl methyl sites for hydroxylation is 1. The van der Waals surface area contributed by atoms with E-state index in [1.807, 2.05) is 19.1 Å². The lowest BCUT2D eigenvalue weighted by atomic mass is 10.3. The Balaban J connectivity index is 2.44. The van der Waals surface area contributed by atoms with Crippen molar-refractivity contribution >= 4 is 5.82 Å². The fraction of sp³-hybridized carbons (Fsp3) is 0.500. The van der Waals surface area contributed by atoms with Gasteiger partial charge in [-0.05, 0) is 24.6 Å². The molecule has 0 aliphatic heterocycles.